The molecule has 3 nitrogen and oxygen atoms in total. The lowest BCUT2D eigenvalue weighted by atomic mass is 9.68. The van der Waals surface area contributed by atoms with E-state index in [0.717, 1.165) is 34.5 Å². The van der Waals surface area contributed by atoms with Gasteiger partial charge in [-0.3, -0.25) is 0 Å². The van der Waals surface area contributed by atoms with Gasteiger partial charge in [-0.1, -0.05) is 6.42 Å². The lowest BCUT2D eigenvalue weighted by Gasteiger charge is -2.39. The number of rotatable bonds is 3. The van der Waals surface area contributed by atoms with Crippen LogP contribution < -0.4 is 5.73 Å². The zero-order valence-corrected chi connectivity index (χ0v) is 13.2. The second-order valence-electron chi connectivity index (χ2n) is 5.19. The largest absolute Gasteiger partial charge is 0.329 e. The number of halogens is 1. The van der Waals surface area contributed by atoms with Crippen molar-refractivity contribution in [1.82, 2.24) is 9.97 Å². The molecule has 1 saturated carbocycles. The van der Waals surface area contributed by atoms with E-state index in [0.29, 0.717) is 6.54 Å². The molecule has 0 saturated heterocycles. The Bertz CT molecular complexity index is 599. The standard InChI is InChI=1S/C14H16BrN3S/c1-9-5-11(12-6-10(15)7-19-12)18-13(17-9)14(8-16)3-2-4-14/h5-7H,2-4,8,16H2,1H3. The average molecular weight is 338 g/mol. The highest BCUT2D eigenvalue weighted by Gasteiger charge is 2.40. The summed E-state index contributed by atoms with van der Waals surface area (Å²) in [7, 11) is 0. The Morgan fingerprint density at radius 2 is 2.16 bits per heavy atom. The molecule has 2 heterocycles. The van der Waals surface area contributed by atoms with Gasteiger partial charge in [-0.25, -0.2) is 9.97 Å². The lowest BCUT2D eigenvalue weighted by molar-refractivity contribution is 0.238. The van der Waals surface area contributed by atoms with Crippen molar-refractivity contribution in [1.29, 1.82) is 0 Å². The van der Waals surface area contributed by atoms with Crippen molar-refractivity contribution in [2.45, 2.75) is 31.6 Å². The van der Waals surface area contributed by atoms with Gasteiger partial charge in [0.05, 0.1) is 10.6 Å². The number of aromatic nitrogens is 2. The summed E-state index contributed by atoms with van der Waals surface area (Å²) in [4.78, 5) is 10.6. The minimum Gasteiger partial charge on any atom is -0.329 e. The Morgan fingerprint density at radius 3 is 2.68 bits per heavy atom. The van der Waals surface area contributed by atoms with Gasteiger partial charge < -0.3 is 5.73 Å². The van der Waals surface area contributed by atoms with E-state index in [1.807, 2.05) is 13.0 Å². The summed E-state index contributed by atoms with van der Waals surface area (Å²) in [5.74, 6) is 0.931. The van der Waals surface area contributed by atoms with Crippen LogP contribution in [0.25, 0.3) is 10.6 Å². The first-order valence-corrected chi connectivity index (χ1v) is 8.11. The van der Waals surface area contributed by atoms with E-state index in [-0.39, 0.29) is 5.41 Å². The third-order valence-corrected chi connectivity index (χ3v) is 5.56. The Balaban J connectivity index is 2.05. The lowest BCUT2D eigenvalue weighted by Crippen LogP contribution is -2.43. The first-order chi connectivity index (χ1) is 9.13. The van der Waals surface area contributed by atoms with Gasteiger partial charge in [-0.15, -0.1) is 11.3 Å². The highest BCUT2D eigenvalue weighted by Crippen LogP contribution is 2.42. The number of hydrogen-bond donors (Lipinski definition) is 1. The molecule has 100 valence electrons. The second kappa shape index (κ2) is 4.96. The average Bonchev–Trinajstić information content (AvgIpc) is 2.75. The third kappa shape index (κ3) is 2.35. The van der Waals surface area contributed by atoms with E-state index in [1.165, 1.54) is 11.3 Å². The molecule has 2 N–H and O–H groups in total. The summed E-state index contributed by atoms with van der Waals surface area (Å²) in [6, 6.07) is 4.15. The summed E-state index contributed by atoms with van der Waals surface area (Å²) in [6.45, 7) is 2.67. The van der Waals surface area contributed by atoms with E-state index in [4.69, 9.17) is 10.7 Å². The fraction of sp³-hybridized carbons (Fsp3) is 0.429. The van der Waals surface area contributed by atoms with E-state index in [2.05, 4.69) is 32.4 Å². The molecule has 0 atom stereocenters. The Morgan fingerprint density at radius 1 is 1.37 bits per heavy atom. The molecule has 0 aliphatic heterocycles. The normalized spacial score (nSPS) is 17.2. The van der Waals surface area contributed by atoms with Crippen LogP contribution >= 0.6 is 27.3 Å². The minimum atomic E-state index is 0.0231. The van der Waals surface area contributed by atoms with Crippen LogP contribution in [0.15, 0.2) is 22.0 Å². The first kappa shape index (κ1) is 13.2. The van der Waals surface area contributed by atoms with Crippen molar-refractivity contribution in [3.05, 3.63) is 33.5 Å². The predicted molar refractivity (Wildman–Crippen MR) is 82.4 cm³/mol. The Hall–Kier alpha value is -0.780. The molecular weight excluding hydrogens is 322 g/mol. The van der Waals surface area contributed by atoms with E-state index >= 15 is 0 Å². The topological polar surface area (TPSA) is 51.8 Å². The van der Waals surface area contributed by atoms with Gasteiger partial charge in [-0.05, 0) is 47.8 Å². The maximum absolute atomic E-state index is 5.96. The highest BCUT2D eigenvalue weighted by molar-refractivity contribution is 9.10. The van der Waals surface area contributed by atoms with Crippen molar-refractivity contribution in [3.63, 3.8) is 0 Å². The van der Waals surface area contributed by atoms with Gasteiger partial charge in [0, 0.05) is 27.5 Å². The van der Waals surface area contributed by atoms with Gasteiger partial charge in [0.1, 0.15) is 5.82 Å². The number of thiophene rings is 1. The van der Waals surface area contributed by atoms with Gasteiger partial charge >= 0.3 is 0 Å². The molecule has 3 rings (SSSR count). The van der Waals surface area contributed by atoms with Gasteiger partial charge in [0.25, 0.3) is 0 Å². The summed E-state index contributed by atoms with van der Waals surface area (Å²) in [6.07, 6.45) is 3.45. The fourth-order valence-corrected chi connectivity index (χ4v) is 3.89. The van der Waals surface area contributed by atoms with Crippen LogP contribution in [-0.4, -0.2) is 16.5 Å². The maximum Gasteiger partial charge on any atom is 0.136 e. The maximum atomic E-state index is 5.96. The van der Waals surface area contributed by atoms with E-state index < -0.39 is 0 Å². The van der Waals surface area contributed by atoms with Gasteiger partial charge in [-0.2, -0.15) is 0 Å². The fourth-order valence-electron chi connectivity index (χ4n) is 2.50. The number of nitrogens with zero attached hydrogens (tertiary/aromatic N) is 2. The molecule has 0 bridgehead atoms. The van der Waals surface area contributed by atoms with Crippen molar-refractivity contribution >= 4 is 27.3 Å². The van der Waals surface area contributed by atoms with E-state index in [9.17, 15) is 0 Å². The van der Waals surface area contributed by atoms with Crippen LogP contribution in [-0.2, 0) is 5.41 Å². The van der Waals surface area contributed by atoms with Crippen molar-refractivity contribution in [2.24, 2.45) is 5.73 Å². The second-order valence-corrected chi connectivity index (χ2v) is 7.01. The molecule has 0 radical (unpaired) electrons. The van der Waals surface area contributed by atoms with Crippen molar-refractivity contribution in [2.75, 3.05) is 6.54 Å². The molecule has 2 aromatic rings. The summed E-state index contributed by atoms with van der Waals surface area (Å²) >= 11 is 5.19. The van der Waals surface area contributed by atoms with Crippen molar-refractivity contribution in [3.8, 4) is 10.6 Å². The zero-order chi connectivity index (χ0) is 13.5. The van der Waals surface area contributed by atoms with Gasteiger partial charge in [0.15, 0.2) is 0 Å². The Kier molecular flexibility index (Phi) is 3.45. The van der Waals surface area contributed by atoms with Crippen LogP contribution in [0, 0.1) is 6.92 Å². The minimum absolute atomic E-state index is 0.0231. The first-order valence-electron chi connectivity index (χ1n) is 6.44. The Labute approximate surface area is 125 Å². The molecule has 0 aromatic carbocycles. The highest BCUT2D eigenvalue weighted by atomic mass is 79.9. The van der Waals surface area contributed by atoms with Gasteiger partial charge in [0.2, 0.25) is 0 Å². The summed E-state index contributed by atoms with van der Waals surface area (Å²) < 4.78 is 1.10. The summed E-state index contributed by atoms with van der Waals surface area (Å²) in [5.41, 5.74) is 8.01. The molecule has 1 aliphatic carbocycles. The van der Waals surface area contributed by atoms with Crippen LogP contribution in [0.2, 0.25) is 0 Å². The molecule has 0 unspecified atom stereocenters. The molecule has 0 amide bonds. The van der Waals surface area contributed by atoms with E-state index in [1.54, 1.807) is 11.3 Å². The molecular formula is C14H16BrN3S. The molecule has 0 spiro atoms. The smallest absolute Gasteiger partial charge is 0.136 e. The SMILES string of the molecule is Cc1cc(-c2cc(Br)cs2)nc(C2(CN)CCC2)n1. The van der Waals surface area contributed by atoms with Crippen LogP contribution in [0.1, 0.15) is 30.8 Å². The van der Waals surface area contributed by atoms with Crippen LogP contribution in [0.3, 0.4) is 0 Å². The quantitative estimate of drug-likeness (QED) is 0.929. The number of aryl methyl sites for hydroxylation is 1. The summed E-state index contributed by atoms with van der Waals surface area (Å²) in [5, 5.41) is 2.08. The predicted octanol–water partition coefficient (Wildman–Crippen LogP) is 3.66. The third-order valence-electron chi connectivity index (χ3n) is 3.85. The molecule has 19 heavy (non-hydrogen) atoms. The molecule has 1 fully saturated rings. The molecule has 1 aliphatic rings. The number of nitrogens with two attached hydrogens (primary N) is 1. The zero-order valence-electron chi connectivity index (χ0n) is 10.8. The monoisotopic (exact) mass is 337 g/mol. The number of hydrogen-bond acceptors (Lipinski definition) is 4. The van der Waals surface area contributed by atoms with Crippen LogP contribution in [0.5, 0.6) is 0 Å². The molecule has 5 heteroatoms. The van der Waals surface area contributed by atoms with Crippen molar-refractivity contribution < 1.29 is 0 Å². The van der Waals surface area contributed by atoms with Crippen LogP contribution in [0.4, 0.5) is 0 Å². The molecule has 2 aromatic heterocycles.